The summed E-state index contributed by atoms with van der Waals surface area (Å²) in [6.07, 6.45) is 0. The minimum absolute atomic E-state index is 0. The smallest absolute Gasteiger partial charge is 0.545 e. The molecule has 2 aromatic rings. The number of benzene rings is 2. The monoisotopic (exact) mass is 410 g/mol. The maximum absolute atomic E-state index is 10.4. The number of carbonyl (C=O) groups is 4. The van der Waals surface area contributed by atoms with E-state index in [4.69, 9.17) is 10.2 Å². The molecular formula is C16H12KNaO9. The first kappa shape index (κ1) is 30.6. The predicted octanol–water partition coefficient (Wildman–Crippen LogP) is -7.32. The van der Waals surface area contributed by atoms with Crippen molar-refractivity contribution in [2.45, 2.75) is 0 Å². The Hall–Kier alpha value is -1.08. The molecule has 0 heterocycles. The molecular weight excluding hydrogens is 398 g/mol. The van der Waals surface area contributed by atoms with Crippen LogP contribution in [0.15, 0.2) is 48.5 Å². The van der Waals surface area contributed by atoms with Crippen molar-refractivity contribution in [1.29, 1.82) is 0 Å². The largest absolute Gasteiger partial charge is 1.00 e. The number of aromatic carboxylic acids is 4. The van der Waals surface area contributed by atoms with Crippen molar-refractivity contribution >= 4 is 23.9 Å². The molecule has 0 aliphatic carbocycles. The summed E-state index contributed by atoms with van der Waals surface area (Å²) in [6.45, 7) is 0. The molecule has 4 N–H and O–H groups in total. The van der Waals surface area contributed by atoms with E-state index in [0.717, 1.165) is 0 Å². The van der Waals surface area contributed by atoms with Gasteiger partial charge in [0.25, 0.3) is 0 Å². The van der Waals surface area contributed by atoms with Crippen molar-refractivity contribution in [2.24, 2.45) is 0 Å². The molecule has 0 unspecified atom stereocenters. The van der Waals surface area contributed by atoms with Crippen LogP contribution in [0.3, 0.4) is 0 Å². The number of hydrogen-bond acceptors (Lipinski definition) is 6. The van der Waals surface area contributed by atoms with Crippen molar-refractivity contribution in [3.8, 4) is 0 Å². The van der Waals surface area contributed by atoms with Crippen molar-refractivity contribution in [2.75, 3.05) is 0 Å². The van der Waals surface area contributed by atoms with Gasteiger partial charge in [-0.25, -0.2) is 9.59 Å². The van der Waals surface area contributed by atoms with Gasteiger partial charge in [0.05, 0.1) is 23.1 Å². The maximum atomic E-state index is 10.4. The summed E-state index contributed by atoms with van der Waals surface area (Å²) >= 11 is 0. The minimum atomic E-state index is -1.48. The molecule has 132 valence electrons. The number of carbonyl (C=O) groups excluding carboxylic acids is 2. The summed E-state index contributed by atoms with van der Waals surface area (Å²) in [7, 11) is 0. The molecule has 0 aromatic heterocycles. The average molecular weight is 410 g/mol. The van der Waals surface area contributed by atoms with Gasteiger partial charge in [-0.1, -0.05) is 36.4 Å². The third-order valence-electron chi connectivity index (χ3n) is 2.75. The van der Waals surface area contributed by atoms with E-state index in [1.807, 2.05) is 0 Å². The molecule has 27 heavy (non-hydrogen) atoms. The fraction of sp³-hybridized carbons (Fsp3) is 0. The first-order valence-electron chi connectivity index (χ1n) is 6.33. The minimum Gasteiger partial charge on any atom is -0.545 e. The van der Waals surface area contributed by atoms with Crippen molar-refractivity contribution in [3.63, 3.8) is 0 Å². The molecule has 9 nitrogen and oxygen atoms in total. The summed E-state index contributed by atoms with van der Waals surface area (Å²) in [5.41, 5.74) is -1.11. The van der Waals surface area contributed by atoms with Crippen LogP contribution in [0.25, 0.3) is 0 Å². The first-order valence-corrected chi connectivity index (χ1v) is 6.33. The molecule has 0 bridgehead atoms. The van der Waals surface area contributed by atoms with E-state index in [-0.39, 0.29) is 109 Å². The first-order chi connectivity index (χ1) is 11.3. The normalized spacial score (nSPS) is 8.30. The zero-order chi connectivity index (χ0) is 18.3. The van der Waals surface area contributed by atoms with Crippen LogP contribution in [-0.2, 0) is 0 Å². The fourth-order valence-corrected chi connectivity index (χ4v) is 1.70. The van der Waals surface area contributed by atoms with Crippen LogP contribution in [0.5, 0.6) is 0 Å². The molecule has 0 amide bonds. The molecule has 0 aliphatic heterocycles. The summed E-state index contributed by atoms with van der Waals surface area (Å²) in [6, 6.07) is 10.6. The van der Waals surface area contributed by atoms with Crippen LogP contribution < -0.4 is 91.2 Å². The molecule has 11 heteroatoms. The molecule has 0 radical (unpaired) electrons. The summed E-state index contributed by atoms with van der Waals surface area (Å²) in [5.74, 6) is -5.49. The predicted molar refractivity (Wildman–Crippen MR) is 79.1 cm³/mol. The second kappa shape index (κ2) is 14.9. The average Bonchev–Trinajstić information content (AvgIpc) is 2.55. The van der Waals surface area contributed by atoms with Crippen LogP contribution in [0, 0.1) is 0 Å². The van der Waals surface area contributed by atoms with Gasteiger partial charge in [0.15, 0.2) is 0 Å². The number of carboxylic acids is 4. The third kappa shape index (κ3) is 9.60. The van der Waals surface area contributed by atoms with Crippen LogP contribution >= 0.6 is 0 Å². The van der Waals surface area contributed by atoms with Crippen molar-refractivity contribution in [3.05, 3.63) is 70.8 Å². The molecule has 0 saturated carbocycles. The maximum Gasteiger partial charge on any atom is 1.00 e. The Morgan fingerprint density at radius 3 is 1.00 bits per heavy atom. The van der Waals surface area contributed by atoms with Crippen molar-refractivity contribution < 1.29 is 126 Å². The van der Waals surface area contributed by atoms with Crippen LogP contribution in [0.4, 0.5) is 0 Å². The Labute approximate surface area is 218 Å². The zero-order valence-electron chi connectivity index (χ0n) is 14.5. The molecule has 2 aromatic carbocycles. The molecule has 2 rings (SSSR count). The topological polar surface area (TPSA) is 186 Å². The van der Waals surface area contributed by atoms with E-state index in [1.165, 1.54) is 48.5 Å². The zero-order valence-corrected chi connectivity index (χ0v) is 19.6. The quantitative estimate of drug-likeness (QED) is 0.465. The number of hydrogen-bond donors (Lipinski definition) is 2. The van der Waals surface area contributed by atoms with Gasteiger partial charge in [-0.3, -0.25) is 0 Å². The van der Waals surface area contributed by atoms with E-state index < -0.39 is 23.9 Å². The standard InChI is InChI=1S/2C8H6O4.K.Na.H2O/c2*9-7(10)5-3-1-2-4-6(5)8(11)12;;;/h2*1-4H,(H,9,10)(H,11,12);;;1H2/q;;2*+1;/p-2. The van der Waals surface area contributed by atoms with Gasteiger partial charge in [0.2, 0.25) is 0 Å². The Morgan fingerprint density at radius 1 is 0.630 bits per heavy atom. The van der Waals surface area contributed by atoms with Crippen LogP contribution in [-0.4, -0.2) is 39.6 Å². The van der Waals surface area contributed by atoms with Gasteiger partial charge < -0.3 is 35.5 Å². The molecule has 0 fully saturated rings. The second-order valence-corrected chi connectivity index (χ2v) is 4.28. The third-order valence-corrected chi connectivity index (χ3v) is 2.75. The van der Waals surface area contributed by atoms with Gasteiger partial charge in [0, 0.05) is 11.1 Å². The SMILES string of the molecule is O.O=C([O-])c1ccccc1C(=O)O.O=C([O-])c1ccccc1C(=O)O.[K+].[Na+]. The molecule has 0 atom stereocenters. The summed E-state index contributed by atoms with van der Waals surface area (Å²) in [4.78, 5) is 41.6. The van der Waals surface area contributed by atoms with E-state index in [1.54, 1.807) is 0 Å². The van der Waals surface area contributed by atoms with Gasteiger partial charge in [-0.2, -0.15) is 0 Å². The van der Waals surface area contributed by atoms with E-state index >= 15 is 0 Å². The Kier molecular flexibility index (Phi) is 16.9. The van der Waals surface area contributed by atoms with Gasteiger partial charge in [-0.15, -0.1) is 0 Å². The van der Waals surface area contributed by atoms with Crippen LogP contribution in [0.1, 0.15) is 41.4 Å². The van der Waals surface area contributed by atoms with E-state index in [9.17, 15) is 29.4 Å². The number of carboxylic acid groups (broad SMARTS) is 4. The molecule has 0 spiro atoms. The number of rotatable bonds is 4. The summed E-state index contributed by atoms with van der Waals surface area (Å²) < 4.78 is 0. The fourth-order valence-electron chi connectivity index (χ4n) is 1.70. The van der Waals surface area contributed by atoms with Gasteiger partial charge in [0.1, 0.15) is 0 Å². The van der Waals surface area contributed by atoms with E-state index in [0.29, 0.717) is 0 Å². The van der Waals surface area contributed by atoms with E-state index in [2.05, 4.69) is 0 Å². The van der Waals surface area contributed by atoms with Crippen LogP contribution in [0.2, 0.25) is 0 Å². The summed E-state index contributed by atoms with van der Waals surface area (Å²) in [5, 5.41) is 37.8. The molecule has 0 saturated heterocycles. The Balaban J connectivity index is -0.000000384. The van der Waals surface area contributed by atoms with Gasteiger partial charge >= 0.3 is 92.9 Å². The van der Waals surface area contributed by atoms with Gasteiger partial charge in [-0.05, 0) is 12.1 Å². The Bertz CT molecular complexity index is 674. The molecule has 0 aliphatic rings. The Morgan fingerprint density at radius 2 is 0.852 bits per heavy atom. The second-order valence-electron chi connectivity index (χ2n) is 4.28. The van der Waals surface area contributed by atoms with Crippen molar-refractivity contribution in [1.82, 2.24) is 0 Å².